The number of carbonyl (C=O) groups excluding carboxylic acids is 2. The van der Waals surface area contributed by atoms with Crippen LogP contribution in [0.25, 0.3) is 0 Å². The van der Waals surface area contributed by atoms with Crippen molar-refractivity contribution < 1.29 is 9.59 Å². The molecule has 6 nitrogen and oxygen atoms in total. The molecule has 0 bridgehead atoms. The Morgan fingerprint density at radius 1 is 1.07 bits per heavy atom. The van der Waals surface area contributed by atoms with Crippen LogP contribution in [0.1, 0.15) is 36.1 Å². The predicted molar refractivity (Wildman–Crippen MR) is 120 cm³/mol. The molecule has 0 saturated carbocycles. The zero-order valence-electron chi connectivity index (χ0n) is 17.6. The molecule has 0 aromatic heterocycles. The number of carbonyl (C=O) groups is 2. The fraction of sp³-hybridized carbons (Fsp3) is 0.348. The molecule has 0 radical (unpaired) electrons. The maximum absolute atomic E-state index is 13.2. The van der Waals surface area contributed by atoms with E-state index < -0.39 is 6.04 Å². The molecule has 0 saturated heterocycles. The number of nitrogens with one attached hydrogen (secondary N) is 1. The molecule has 30 heavy (non-hydrogen) atoms. The standard InChI is InChI=1S/C23H27BrN4O2/c1-17(29)26-22(20-8-10-21(24)11-9-20)14-23(30)28(13-12-27(2)3)16-19-6-4-18(15-25)5-7-19/h4-11,22H,12-14,16H2,1-3H3,(H,26,29). The van der Waals surface area contributed by atoms with Crippen LogP contribution < -0.4 is 5.32 Å². The average Bonchev–Trinajstić information content (AvgIpc) is 2.71. The van der Waals surface area contributed by atoms with Gasteiger partial charge in [0.2, 0.25) is 11.8 Å². The minimum Gasteiger partial charge on any atom is -0.349 e. The van der Waals surface area contributed by atoms with Gasteiger partial charge in [0.15, 0.2) is 0 Å². The third kappa shape index (κ3) is 7.62. The lowest BCUT2D eigenvalue weighted by Crippen LogP contribution is -2.39. The van der Waals surface area contributed by atoms with E-state index in [9.17, 15) is 9.59 Å². The molecular weight excluding hydrogens is 444 g/mol. The molecule has 158 valence electrons. The fourth-order valence-corrected chi connectivity index (χ4v) is 3.28. The molecule has 2 aromatic rings. The molecule has 0 aliphatic heterocycles. The zero-order chi connectivity index (χ0) is 22.1. The van der Waals surface area contributed by atoms with Crippen molar-refractivity contribution >= 4 is 27.7 Å². The van der Waals surface area contributed by atoms with E-state index in [0.29, 0.717) is 18.7 Å². The summed E-state index contributed by atoms with van der Waals surface area (Å²) in [5, 5.41) is 11.9. The molecule has 1 N–H and O–H groups in total. The van der Waals surface area contributed by atoms with Gasteiger partial charge < -0.3 is 15.1 Å². The van der Waals surface area contributed by atoms with E-state index >= 15 is 0 Å². The van der Waals surface area contributed by atoms with Gasteiger partial charge in [-0.05, 0) is 49.5 Å². The smallest absolute Gasteiger partial charge is 0.225 e. The Morgan fingerprint density at radius 2 is 1.70 bits per heavy atom. The summed E-state index contributed by atoms with van der Waals surface area (Å²) in [7, 11) is 3.93. The third-order valence-corrected chi connectivity index (χ3v) is 5.18. The number of likely N-dealkylation sites (N-methyl/N-ethyl adjacent to an activating group) is 1. The average molecular weight is 471 g/mol. The van der Waals surface area contributed by atoms with E-state index in [2.05, 4.69) is 27.3 Å². The van der Waals surface area contributed by atoms with Crippen molar-refractivity contribution in [2.45, 2.75) is 25.9 Å². The monoisotopic (exact) mass is 470 g/mol. The first kappa shape index (κ1) is 23.6. The van der Waals surface area contributed by atoms with E-state index in [0.717, 1.165) is 22.1 Å². The van der Waals surface area contributed by atoms with Crippen LogP contribution in [0, 0.1) is 11.3 Å². The summed E-state index contributed by atoms with van der Waals surface area (Å²) in [5.41, 5.74) is 2.43. The van der Waals surface area contributed by atoms with E-state index in [4.69, 9.17) is 5.26 Å². The number of nitrogens with zero attached hydrogens (tertiary/aromatic N) is 3. The highest BCUT2D eigenvalue weighted by atomic mass is 79.9. The Kier molecular flexibility index (Phi) is 9.03. The third-order valence-electron chi connectivity index (χ3n) is 4.65. The summed E-state index contributed by atoms with van der Waals surface area (Å²) >= 11 is 3.41. The van der Waals surface area contributed by atoms with Crippen LogP contribution in [0.4, 0.5) is 0 Å². The van der Waals surface area contributed by atoms with E-state index in [1.807, 2.05) is 55.4 Å². The molecule has 0 fully saturated rings. The maximum atomic E-state index is 13.2. The minimum absolute atomic E-state index is 0.0390. The molecule has 0 aliphatic rings. The highest BCUT2D eigenvalue weighted by Gasteiger charge is 2.22. The number of amides is 2. The van der Waals surface area contributed by atoms with Crippen LogP contribution in [0.2, 0.25) is 0 Å². The largest absolute Gasteiger partial charge is 0.349 e. The summed E-state index contributed by atoms with van der Waals surface area (Å²) in [6.45, 7) is 3.20. The quantitative estimate of drug-likeness (QED) is 0.608. The summed E-state index contributed by atoms with van der Waals surface area (Å²) in [6.07, 6.45) is 0.172. The molecule has 1 atom stereocenters. The second-order valence-electron chi connectivity index (χ2n) is 7.44. The Labute approximate surface area is 186 Å². The SMILES string of the molecule is CC(=O)NC(CC(=O)N(CCN(C)C)Cc1ccc(C#N)cc1)c1ccc(Br)cc1. The molecule has 0 spiro atoms. The van der Waals surface area contributed by atoms with Crippen molar-refractivity contribution in [3.8, 4) is 6.07 Å². The first-order valence-electron chi connectivity index (χ1n) is 9.72. The molecule has 2 rings (SSSR count). The lowest BCUT2D eigenvalue weighted by Gasteiger charge is -2.27. The van der Waals surface area contributed by atoms with Crippen molar-refractivity contribution in [2.24, 2.45) is 0 Å². The molecule has 0 heterocycles. The van der Waals surface area contributed by atoms with Gasteiger partial charge in [-0.1, -0.05) is 40.2 Å². The van der Waals surface area contributed by atoms with E-state index in [-0.39, 0.29) is 18.2 Å². The number of benzene rings is 2. The van der Waals surface area contributed by atoms with Crippen LogP contribution in [-0.2, 0) is 16.1 Å². The summed E-state index contributed by atoms with van der Waals surface area (Å²) in [5.74, 6) is -0.217. The number of rotatable bonds is 9. The van der Waals surface area contributed by atoms with Crippen molar-refractivity contribution in [2.75, 3.05) is 27.2 Å². The van der Waals surface area contributed by atoms with Gasteiger partial charge in [-0.3, -0.25) is 9.59 Å². The van der Waals surface area contributed by atoms with Gasteiger partial charge in [0.05, 0.1) is 24.1 Å². The summed E-state index contributed by atoms with van der Waals surface area (Å²) in [4.78, 5) is 28.8. The van der Waals surface area contributed by atoms with Gasteiger partial charge in [0.1, 0.15) is 0 Å². The minimum atomic E-state index is -0.397. The van der Waals surface area contributed by atoms with Crippen LogP contribution in [0.5, 0.6) is 0 Å². The highest BCUT2D eigenvalue weighted by molar-refractivity contribution is 9.10. The first-order chi connectivity index (χ1) is 14.3. The zero-order valence-corrected chi connectivity index (χ0v) is 19.1. The second-order valence-corrected chi connectivity index (χ2v) is 8.35. The molecule has 0 aliphatic carbocycles. The van der Waals surface area contributed by atoms with Gasteiger partial charge in [-0.25, -0.2) is 0 Å². The Hall–Kier alpha value is -2.69. The van der Waals surface area contributed by atoms with Gasteiger partial charge >= 0.3 is 0 Å². The van der Waals surface area contributed by atoms with E-state index in [1.54, 1.807) is 17.0 Å². The molecular formula is C23H27BrN4O2. The normalized spacial score (nSPS) is 11.6. The number of nitriles is 1. The van der Waals surface area contributed by atoms with E-state index in [1.165, 1.54) is 6.92 Å². The predicted octanol–water partition coefficient (Wildman–Crippen LogP) is 3.48. The molecule has 2 amide bonds. The molecule has 7 heteroatoms. The van der Waals surface area contributed by atoms with Gasteiger partial charge in [-0.15, -0.1) is 0 Å². The number of hydrogen-bond donors (Lipinski definition) is 1. The molecule has 2 aromatic carbocycles. The first-order valence-corrected chi connectivity index (χ1v) is 10.5. The van der Waals surface area contributed by atoms with Crippen LogP contribution in [0.15, 0.2) is 53.0 Å². The van der Waals surface area contributed by atoms with Crippen LogP contribution >= 0.6 is 15.9 Å². The Balaban J connectivity index is 2.19. The summed E-state index contributed by atoms with van der Waals surface area (Å²) in [6, 6.07) is 16.6. The lowest BCUT2D eigenvalue weighted by atomic mass is 10.0. The van der Waals surface area contributed by atoms with Gasteiger partial charge in [0.25, 0.3) is 0 Å². The van der Waals surface area contributed by atoms with Gasteiger partial charge in [-0.2, -0.15) is 5.26 Å². The van der Waals surface area contributed by atoms with Crippen LogP contribution in [-0.4, -0.2) is 48.8 Å². The van der Waals surface area contributed by atoms with Crippen LogP contribution in [0.3, 0.4) is 0 Å². The van der Waals surface area contributed by atoms with Gasteiger partial charge in [0, 0.05) is 31.0 Å². The number of halogens is 1. The Bertz CT molecular complexity index is 889. The van der Waals surface area contributed by atoms with Crippen molar-refractivity contribution in [1.82, 2.24) is 15.1 Å². The topological polar surface area (TPSA) is 76.4 Å². The van der Waals surface area contributed by atoms with Crippen molar-refractivity contribution in [1.29, 1.82) is 5.26 Å². The lowest BCUT2D eigenvalue weighted by molar-refractivity contribution is -0.132. The highest BCUT2D eigenvalue weighted by Crippen LogP contribution is 2.21. The van der Waals surface area contributed by atoms with Crippen molar-refractivity contribution in [3.05, 3.63) is 69.7 Å². The number of hydrogen-bond acceptors (Lipinski definition) is 4. The van der Waals surface area contributed by atoms with Crippen molar-refractivity contribution in [3.63, 3.8) is 0 Å². The second kappa shape index (κ2) is 11.5. The molecule has 1 unspecified atom stereocenters. The Morgan fingerprint density at radius 3 is 2.23 bits per heavy atom. The maximum Gasteiger partial charge on any atom is 0.225 e. The summed E-state index contributed by atoms with van der Waals surface area (Å²) < 4.78 is 0.938. The fourth-order valence-electron chi connectivity index (χ4n) is 3.01.